The Kier molecular flexibility index (Phi) is 3.81. The predicted octanol–water partition coefficient (Wildman–Crippen LogP) is 4.62. The number of nitrogens with zero attached hydrogens (tertiary/aromatic N) is 1. The second kappa shape index (κ2) is 6.15. The van der Waals surface area contributed by atoms with E-state index < -0.39 is 0 Å². The van der Waals surface area contributed by atoms with Crippen molar-refractivity contribution in [3.8, 4) is 0 Å². The standard InChI is InChI=1S/C22H17NO3/c1-14-7-10-16(11-8-14)23-21(24)19-6-4-3-5-18(19)20(22(23)25)13-17-12-9-15(2)26-17/h3-13H,1-2H3/b20-13+. The lowest BCUT2D eigenvalue weighted by atomic mass is 9.92. The van der Waals surface area contributed by atoms with Gasteiger partial charge in [0.15, 0.2) is 0 Å². The van der Waals surface area contributed by atoms with E-state index in [-0.39, 0.29) is 11.8 Å². The molecule has 4 rings (SSSR count). The predicted molar refractivity (Wildman–Crippen MR) is 101 cm³/mol. The summed E-state index contributed by atoms with van der Waals surface area (Å²) in [7, 11) is 0. The maximum absolute atomic E-state index is 13.2. The van der Waals surface area contributed by atoms with Crippen LogP contribution in [-0.4, -0.2) is 11.8 Å². The Morgan fingerprint density at radius 1 is 0.808 bits per heavy atom. The molecule has 0 unspecified atom stereocenters. The molecule has 0 N–H and O–H groups in total. The smallest absolute Gasteiger partial charge is 0.266 e. The van der Waals surface area contributed by atoms with Gasteiger partial charge in [-0.3, -0.25) is 9.59 Å². The van der Waals surface area contributed by atoms with Crippen molar-refractivity contribution in [2.45, 2.75) is 13.8 Å². The second-order valence-electron chi connectivity index (χ2n) is 6.33. The van der Waals surface area contributed by atoms with E-state index in [9.17, 15) is 9.59 Å². The van der Waals surface area contributed by atoms with Gasteiger partial charge in [-0.25, -0.2) is 4.90 Å². The number of rotatable bonds is 2. The number of benzene rings is 2. The van der Waals surface area contributed by atoms with E-state index in [0.717, 1.165) is 11.3 Å². The largest absolute Gasteiger partial charge is 0.462 e. The molecule has 2 heterocycles. The Hall–Kier alpha value is -3.40. The van der Waals surface area contributed by atoms with Crippen LogP contribution in [0.1, 0.15) is 33.0 Å². The molecule has 0 bridgehead atoms. The molecule has 4 nitrogen and oxygen atoms in total. The molecule has 1 aliphatic rings. The van der Waals surface area contributed by atoms with E-state index in [1.165, 1.54) is 4.90 Å². The summed E-state index contributed by atoms with van der Waals surface area (Å²) in [6, 6.07) is 18.1. The number of amides is 2. The molecule has 0 saturated carbocycles. The van der Waals surface area contributed by atoms with Crippen molar-refractivity contribution in [2.24, 2.45) is 0 Å². The van der Waals surface area contributed by atoms with Gasteiger partial charge >= 0.3 is 0 Å². The number of anilines is 1. The Labute approximate surface area is 151 Å². The van der Waals surface area contributed by atoms with E-state index in [1.54, 1.807) is 36.4 Å². The molecular weight excluding hydrogens is 326 g/mol. The molecule has 0 radical (unpaired) electrons. The van der Waals surface area contributed by atoms with Gasteiger partial charge < -0.3 is 4.42 Å². The number of fused-ring (bicyclic) bond motifs is 1. The van der Waals surface area contributed by atoms with Gasteiger partial charge in [-0.1, -0.05) is 35.9 Å². The van der Waals surface area contributed by atoms with E-state index in [2.05, 4.69) is 0 Å². The van der Waals surface area contributed by atoms with E-state index in [4.69, 9.17) is 4.42 Å². The van der Waals surface area contributed by atoms with Crippen molar-refractivity contribution in [3.63, 3.8) is 0 Å². The van der Waals surface area contributed by atoms with Crippen molar-refractivity contribution in [1.82, 2.24) is 0 Å². The van der Waals surface area contributed by atoms with Crippen LogP contribution in [0.2, 0.25) is 0 Å². The molecule has 1 aliphatic heterocycles. The van der Waals surface area contributed by atoms with E-state index in [0.29, 0.717) is 28.1 Å². The average molecular weight is 343 g/mol. The molecule has 3 aromatic rings. The molecule has 2 amide bonds. The lowest BCUT2D eigenvalue weighted by Gasteiger charge is -2.28. The van der Waals surface area contributed by atoms with Gasteiger partial charge in [0.25, 0.3) is 11.8 Å². The highest BCUT2D eigenvalue weighted by Gasteiger charge is 2.35. The molecule has 2 aromatic carbocycles. The SMILES string of the molecule is Cc1ccc(N2C(=O)/C(=C/c3ccc(C)o3)c3ccccc3C2=O)cc1. The van der Waals surface area contributed by atoms with Gasteiger partial charge in [0.1, 0.15) is 11.5 Å². The molecule has 128 valence electrons. The van der Waals surface area contributed by atoms with Crippen LogP contribution in [0.15, 0.2) is 65.1 Å². The first-order valence-electron chi connectivity index (χ1n) is 8.37. The van der Waals surface area contributed by atoms with Crippen LogP contribution >= 0.6 is 0 Å². The lowest BCUT2D eigenvalue weighted by Crippen LogP contribution is -2.41. The summed E-state index contributed by atoms with van der Waals surface area (Å²) >= 11 is 0. The molecule has 0 atom stereocenters. The van der Waals surface area contributed by atoms with Crippen molar-refractivity contribution in [2.75, 3.05) is 4.90 Å². The number of carbonyl (C=O) groups excluding carboxylic acids is 2. The third kappa shape index (κ3) is 2.65. The Morgan fingerprint density at radius 3 is 2.15 bits per heavy atom. The summed E-state index contributed by atoms with van der Waals surface area (Å²) in [6.07, 6.45) is 1.70. The maximum Gasteiger partial charge on any atom is 0.266 e. The summed E-state index contributed by atoms with van der Waals surface area (Å²) in [5.74, 6) is 0.674. The van der Waals surface area contributed by atoms with E-state index >= 15 is 0 Å². The van der Waals surface area contributed by atoms with Gasteiger partial charge in [0.05, 0.1) is 11.3 Å². The van der Waals surface area contributed by atoms with Crippen LogP contribution in [0.4, 0.5) is 5.69 Å². The monoisotopic (exact) mass is 343 g/mol. The quantitative estimate of drug-likeness (QED) is 0.504. The summed E-state index contributed by atoms with van der Waals surface area (Å²) < 4.78 is 5.60. The van der Waals surface area contributed by atoms with Crippen LogP contribution in [0.5, 0.6) is 0 Å². The fourth-order valence-electron chi connectivity index (χ4n) is 3.09. The van der Waals surface area contributed by atoms with Crippen molar-refractivity contribution in [1.29, 1.82) is 0 Å². The highest BCUT2D eigenvalue weighted by molar-refractivity contribution is 6.43. The highest BCUT2D eigenvalue weighted by atomic mass is 16.3. The third-order valence-corrected chi connectivity index (χ3v) is 4.42. The van der Waals surface area contributed by atoms with Crippen molar-refractivity contribution in [3.05, 3.63) is 88.9 Å². The van der Waals surface area contributed by atoms with Crippen molar-refractivity contribution < 1.29 is 14.0 Å². The topological polar surface area (TPSA) is 50.5 Å². The fraction of sp³-hybridized carbons (Fsp3) is 0.0909. The number of furan rings is 1. The first-order valence-corrected chi connectivity index (χ1v) is 8.37. The maximum atomic E-state index is 13.2. The Bertz CT molecular complexity index is 1040. The summed E-state index contributed by atoms with van der Waals surface area (Å²) in [4.78, 5) is 27.4. The zero-order chi connectivity index (χ0) is 18.3. The third-order valence-electron chi connectivity index (χ3n) is 4.42. The van der Waals surface area contributed by atoms with Crippen molar-refractivity contribution >= 4 is 29.2 Å². The molecule has 4 heteroatoms. The fourth-order valence-corrected chi connectivity index (χ4v) is 3.09. The van der Waals surface area contributed by atoms with Gasteiger partial charge in [-0.05, 0) is 50.3 Å². The zero-order valence-corrected chi connectivity index (χ0v) is 14.5. The molecule has 0 spiro atoms. The summed E-state index contributed by atoms with van der Waals surface area (Å²) in [5, 5.41) is 0. The first kappa shape index (κ1) is 16.1. The van der Waals surface area contributed by atoms with Gasteiger partial charge in [0, 0.05) is 11.1 Å². The number of hydrogen-bond acceptors (Lipinski definition) is 3. The normalized spacial score (nSPS) is 15.5. The number of hydrogen-bond donors (Lipinski definition) is 0. The molecular formula is C22H17NO3. The van der Waals surface area contributed by atoms with Crippen LogP contribution in [-0.2, 0) is 4.79 Å². The van der Waals surface area contributed by atoms with Crippen LogP contribution in [0, 0.1) is 13.8 Å². The zero-order valence-electron chi connectivity index (χ0n) is 14.5. The molecule has 26 heavy (non-hydrogen) atoms. The summed E-state index contributed by atoms with van der Waals surface area (Å²) in [5.41, 5.74) is 3.19. The van der Waals surface area contributed by atoms with Gasteiger partial charge in [0.2, 0.25) is 0 Å². The molecule has 0 saturated heterocycles. The second-order valence-corrected chi connectivity index (χ2v) is 6.33. The van der Waals surface area contributed by atoms with Gasteiger partial charge in [-0.15, -0.1) is 0 Å². The van der Waals surface area contributed by atoms with Crippen LogP contribution < -0.4 is 4.90 Å². The number of carbonyl (C=O) groups is 2. The number of imide groups is 1. The molecule has 0 aliphatic carbocycles. The minimum absolute atomic E-state index is 0.317. The summed E-state index contributed by atoms with van der Waals surface area (Å²) in [6.45, 7) is 3.81. The van der Waals surface area contributed by atoms with Crippen LogP contribution in [0.3, 0.4) is 0 Å². The Balaban J connectivity index is 1.89. The molecule has 0 fully saturated rings. The highest BCUT2D eigenvalue weighted by Crippen LogP contribution is 2.33. The average Bonchev–Trinajstić information content (AvgIpc) is 3.05. The molecule has 1 aromatic heterocycles. The number of aryl methyl sites for hydroxylation is 2. The first-order chi connectivity index (χ1) is 12.5. The van der Waals surface area contributed by atoms with Gasteiger partial charge in [-0.2, -0.15) is 0 Å². The van der Waals surface area contributed by atoms with Crippen LogP contribution in [0.25, 0.3) is 11.6 Å². The minimum atomic E-state index is -0.355. The van der Waals surface area contributed by atoms with E-state index in [1.807, 2.05) is 44.2 Å². The Morgan fingerprint density at radius 2 is 1.50 bits per heavy atom. The minimum Gasteiger partial charge on any atom is -0.462 e. The lowest BCUT2D eigenvalue weighted by molar-refractivity contribution is -0.112.